The number of aliphatic hydroxyl groups excluding tert-OH is 1. The third-order valence-corrected chi connectivity index (χ3v) is 6.61. The van der Waals surface area contributed by atoms with Crippen LogP contribution in [0.4, 0.5) is 13.2 Å². The second-order valence-corrected chi connectivity index (χ2v) is 8.85. The molecule has 0 unspecified atom stereocenters. The van der Waals surface area contributed by atoms with Crippen molar-refractivity contribution in [2.75, 3.05) is 0 Å². The van der Waals surface area contributed by atoms with Crippen molar-refractivity contribution in [3.05, 3.63) is 112 Å². The third-order valence-electron chi connectivity index (χ3n) is 5.40. The first kappa shape index (κ1) is 23.1. The Morgan fingerprint density at radius 2 is 1.42 bits per heavy atom. The number of aliphatic hydroxyl groups is 1. The van der Waals surface area contributed by atoms with E-state index in [1.165, 1.54) is 34.6 Å². The lowest BCUT2D eigenvalue weighted by Gasteiger charge is -2.08. The molecular weight excluding hydrogens is 445 g/mol. The standard InChI is InChI=1S/C27H23F3O2S/c28-27(29,30)23-12-10-21(11-13-23)25-16-22(26(17-31)33-25)18-32-24-14-8-20(9-15-24)7-6-19-4-2-1-3-5-19/h1-5,8-16,31H,6-7,17-18H2. The minimum Gasteiger partial charge on any atom is -0.489 e. The molecular formula is C27H23F3O2S. The summed E-state index contributed by atoms with van der Waals surface area (Å²) in [6.45, 7) is 0.124. The quantitative estimate of drug-likeness (QED) is 0.294. The molecule has 0 radical (unpaired) electrons. The van der Waals surface area contributed by atoms with Gasteiger partial charge in [0.25, 0.3) is 0 Å². The van der Waals surface area contributed by atoms with Crippen LogP contribution in [-0.4, -0.2) is 5.11 Å². The molecule has 4 rings (SSSR count). The van der Waals surface area contributed by atoms with Crippen molar-refractivity contribution in [3.8, 4) is 16.2 Å². The molecule has 170 valence electrons. The molecule has 0 atom stereocenters. The molecule has 0 bridgehead atoms. The summed E-state index contributed by atoms with van der Waals surface area (Å²) < 4.78 is 44.3. The molecule has 1 N–H and O–H groups in total. The highest BCUT2D eigenvalue weighted by Crippen LogP contribution is 2.35. The number of rotatable bonds is 8. The van der Waals surface area contributed by atoms with Gasteiger partial charge in [0.15, 0.2) is 0 Å². The first-order valence-corrected chi connectivity index (χ1v) is 11.4. The van der Waals surface area contributed by atoms with Gasteiger partial charge >= 0.3 is 6.18 Å². The molecule has 0 saturated heterocycles. The number of halogens is 3. The first-order valence-electron chi connectivity index (χ1n) is 10.6. The molecule has 2 nitrogen and oxygen atoms in total. The van der Waals surface area contributed by atoms with E-state index in [-0.39, 0.29) is 13.2 Å². The molecule has 4 aromatic rings. The van der Waals surface area contributed by atoms with Crippen molar-refractivity contribution in [2.45, 2.75) is 32.2 Å². The number of thiophene rings is 1. The molecule has 33 heavy (non-hydrogen) atoms. The van der Waals surface area contributed by atoms with Gasteiger partial charge in [0.2, 0.25) is 0 Å². The number of alkyl halides is 3. The number of ether oxygens (including phenoxy) is 1. The van der Waals surface area contributed by atoms with E-state index < -0.39 is 11.7 Å². The molecule has 0 aliphatic carbocycles. The number of benzene rings is 3. The van der Waals surface area contributed by atoms with Crippen LogP contribution < -0.4 is 4.74 Å². The molecule has 0 saturated carbocycles. The van der Waals surface area contributed by atoms with Gasteiger partial charge in [-0.05, 0) is 59.9 Å². The van der Waals surface area contributed by atoms with E-state index in [1.54, 1.807) is 0 Å². The van der Waals surface area contributed by atoms with Crippen LogP contribution in [0.1, 0.15) is 27.1 Å². The highest BCUT2D eigenvalue weighted by atomic mass is 32.1. The van der Waals surface area contributed by atoms with E-state index in [0.717, 1.165) is 46.0 Å². The van der Waals surface area contributed by atoms with Crippen LogP contribution >= 0.6 is 11.3 Å². The van der Waals surface area contributed by atoms with Crippen molar-refractivity contribution in [2.24, 2.45) is 0 Å². The Bertz CT molecular complexity index is 1160. The van der Waals surface area contributed by atoms with E-state index in [9.17, 15) is 18.3 Å². The fourth-order valence-electron chi connectivity index (χ4n) is 3.53. The summed E-state index contributed by atoms with van der Waals surface area (Å²) in [5.74, 6) is 0.727. The zero-order valence-corrected chi connectivity index (χ0v) is 18.6. The molecule has 6 heteroatoms. The molecule has 1 aromatic heterocycles. The maximum Gasteiger partial charge on any atom is 0.416 e. The van der Waals surface area contributed by atoms with Gasteiger partial charge in [-0.15, -0.1) is 11.3 Å². The second kappa shape index (κ2) is 10.2. The van der Waals surface area contributed by atoms with Gasteiger partial charge in [0.05, 0.1) is 12.2 Å². The Kier molecular flexibility index (Phi) is 7.16. The first-order chi connectivity index (χ1) is 15.9. The van der Waals surface area contributed by atoms with Crippen LogP contribution in [0.25, 0.3) is 10.4 Å². The summed E-state index contributed by atoms with van der Waals surface area (Å²) in [7, 11) is 0. The van der Waals surface area contributed by atoms with E-state index >= 15 is 0 Å². The highest BCUT2D eigenvalue weighted by Gasteiger charge is 2.30. The van der Waals surface area contributed by atoms with Crippen molar-refractivity contribution in [1.82, 2.24) is 0 Å². The maximum atomic E-state index is 12.8. The Labute approximate surface area is 194 Å². The van der Waals surface area contributed by atoms with Crippen LogP contribution in [0.15, 0.2) is 84.9 Å². The Morgan fingerprint density at radius 3 is 2.03 bits per heavy atom. The summed E-state index contributed by atoms with van der Waals surface area (Å²) in [5.41, 5.74) is 3.35. The molecule has 0 aliphatic rings. The van der Waals surface area contributed by atoms with Crippen LogP contribution in [-0.2, 0) is 32.2 Å². The average Bonchev–Trinajstić information content (AvgIpc) is 3.25. The van der Waals surface area contributed by atoms with Crippen LogP contribution in [0.2, 0.25) is 0 Å². The normalized spacial score (nSPS) is 11.5. The lowest BCUT2D eigenvalue weighted by Crippen LogP contribution is -2.03. The van der Waals surface area contributed by atoms with Gasteiger partial charge in [0, 0.05) is 15.3 Å². The summed E-state index contributed by atoms with van der Waals surface area (Å²) in [5, 5.41) is 9.72. The zero-order valence-electron chi connectivity index (χ0n) is 17.8. The van der Waals surface area contributed by atoms with Crippen molar-refractivity contribution >= 4 is 11.3 Å². The van der Waals surface area contributed by atoms with Crippen molar-refractivity contribution < 1.29 is 23.0 Å². The fourth-order valence-corrected chi connectivity index (χ4v) is 4.57. The average molecular weight is 469 g/mol. The van der Waals surface area contributed by atoms with Crippen LogP contribution in [0.3, 0.4) is 0 Å². The minimum absolute atomic E-state index is 0.150. The smallest absolute Gasteiger partial charge is 0.416 e. The monoisotopic (exact) mass is 468 g/mol. The molecule has 0 spiro atoms. The Balaban J connectivity index is 1.38. The summed E-state index contributed by atoms with van der Waals surface area (Å²) >= 11 is 1.36. The predicted octanol–water partition coefficient (Wildman–Crippen LogP) is 7.29. The van der Waals surface area contributed by atoms with Gasteiger partial charge in [0.1, 0.15) is 12.4 Å². The summed E-state index contributed by atoms with van der Waals surface area (Å²) in [4.78, 5) is 1.53. The SMILES string of the molecule is OCc1sc(-c2ccc(C(F)(F)F)cc2)cc1COc1ccc(CCc2ccccc2)cc1. The maximum absolute atomic E-state index is 12.8. The van der Waals surface area contributed by atoms with Crippen LogP contribution in [0, 0.1) is 0 Å². The van der Waals surface area contributed by atoms with Crippen molar-refractivity contribution in [3.63, 3.8) is 0 Å². The van der Waals surface area contributed by atoms with E-state index in [1.807, 2.05) is 48.5 Å². The van der Waals surface area contributed by atoms with Gasteiger partial charge in [-0.3, -0.25) is 0 Å². The predicted molar refractivity (Wildman–Crippen MR) is 125 cm³/mol. The second-order valence-electron chi connectivity index (χ2n) is 7.71. The highest BCUT2D eigenvalue weighted by molar-refractivity contribution is 7.15. The number of hydrogen-bond acceptors (Lipinski definition) is 3. The topological polar surface area (TPSA) is 29.5 Å². The molecule has 0 fully saturated rings. The summed E-state index contributed by atoms with van der Waals surface area (Å²) in [6.07, 6.45) is -2.44. The molecule has 0 amide bonds. The largest absolute Gasteiger partial charge is 0.489 e. The molecule has 0 aliphatic heterocycles. The summed E-state index contributed by atoms with van der Waals surface area (Å²) in [6, 6.07) is 25.2. The Morgan fingerprint density at radius 1 is 0.788 bits per heavy atom. The molecule has 3 aromatic carbocycles. The van der Waals surface area contributed by atoms with Gasteiger partial charge < -0.3 is 9.84 Å². The van der Waals surface area contributed by atoms with E-state index in [4.69, 9.17) is 4.74 Å². The van der Waals surface area contributed by atoms with Gasteiger partial charge in [-0.1, -0.05) is 54.6 Å². The minimum atomic E-state index is -4.36. The zero-order chi connectivity index (χ0) is 23.3. The van der Waals surface area contributed by atoms with E-state index in [2.05, 4.69) is 12.1 Å². The number of hydrogen-bond donors (Lipinski definition) is 1. The fraction of sp³-hybridized carbons (Fsp3) is 0.185. The van der Waals surface area contributed by atoms with Gasteiger partial charge in [-0.25, -0.2) is 0 Å². The molecule has 1 heterocycles. The van der Waals surface area contributed by atoms with Crippen LogP contribution in [0.5, 0.6) is 5.75 Å². The Hall–Kier alpha value is -3.09. The van der Waals surface area contributed by atoms with Crippen molar-refractivity contribution in [1.29, 1.82) is 0 Å². The third kappa shape index (κ3) is 6.03. The lowest BCUT2D eigenvalue weighted by atomic mass is 10.0. The lowest BCUT2D eigenvalue weighted by molar-refractivity contribution is -0.137. The number of aryl methyl sites for hydroxylation is 2. The van der Waals surface area contributed by atoms with E-state index in [0.29, 0.717) is 5.56 Å². The van der Waals surface area contributed by atoms with Gasteiger partial charge in [-0.2, -0.15) is 13.2 Å².